The highest BCUT2D eigenvalue weighted by molar-refractivity contribution is 8.01. The first kappa shape index (κ1) is 13.8. The van der Waals surface area contributed by atoms with E-state index in [1.165, 1.54) is 17.4 Å². The monoisotopic (exact) mass is 298 g/mol. The minimum absolute atomic E-state index is 0.0689. The second-order valence-corrected chi connectivity index (χ2v) is 5.67. The molecule has 0 fully saturated rings. The molecule has 0 aliphatic carbocycles. The van der Waals surface area contributed by atoms with Crippen LogP contribution in [-0.4, -0.2) is 17.6 Å². The maximum absolute atomic E-state index is 13.8. The molecule has 19 heavy (non-hydrogen) atoms. The number of nitrogens with zero attached hydrogens (tertiary/aromatic N) is 1. The van der Waals surface area contributed by atoms with Crippen molar-refractivity contribution in [2.45, 2.75) is 16.2 Å². The van der Waals surface area contributed by atoms with Gasteiger partial charge in [0.15, 0.2) is 4.34 Å². The van der Waals surface area contributed by atoms with Crippen molar-refractivity contribution < 1.29 is 13.9 Å². The fourth-order valence-corrected chi connectivity index (χ4v) is 3.01. The number of rotatable bonds is 4. The summed E-state index contributed by atoms with van der Waals surface area (Å²) in [5.74, 6) is -1.04. The predicted octanol–water partition coefficient (Wildman–Crippen LogP) is 3.19. The number of nitrogen functional groups attached to an aromatic ring is 1. The topological polar surface area (TPSA) is 65.2 Å². The molecule has 0 radical (unpaired) electrons. The maximum atomic E-state index is 13.8. The van der Waals surface area contributed by atoms with Crippen molar-refractivity contribution in [3.63, 3.8) is 0 Å². The summed E-state index contributed by atoms with van der Waals surface area (Å²) in [4.78, 5) is 16.0. The van der Waals surface area contributed by atoms with Crippen molar-refractivity contribution >= 4 is 34.8 Å². The number of nitrogens with two attached hydrogens (primary N) is 1. The highest BCUT2D eigenvalue weighted by atomic mass is 32.2. The van der Waals surface area contributed by atoms with E-state index < -0.39 is 11.8 Å². The Hall–Kier alpha value is -1.60. The quantitative estimate of drug-likeness (QED) is 0.693. The van der Waals surface area contributed by atoms with Gasteiger partial charge in [0.2, 0.25) is 0 Å². The third-order valence-electron chi connectivity index (χ3n) is 2.21. The minimum atomic E-state index is -0.555. The van der Waals surface area contributed by atoms with Crippen LogP contribution in [0, 0.1) is 5.82 Å². The predicted molar refractivity (Wildman–Crippen MR) is 73.0 cm³/mol. The summed E-state index contributed by atoms with van der Waals surface area (Å²) >= 11 is 2.54. The van der Waals surface area contributed by atoms with Crippen LogP contribution in [0.2, 0.25) is 0 Å². The van der Waals surface area contributed by atoms with Gasteiger partial charge in [-0.15, -0.1) is 11.3 Å². The van der Waals surface area contributed by atoms with Gasteiger partial charge in [0.25, 0.3) is 0 Å². The number of hydrogen-bond acceptors (Lipinski definition) is 6. The van der Waals surface area contributed by atoms with Crippen molar-refractivity contribution in [2.24, 2.45) is 0 Å². The molecule has 0 saturated carbocycles. The van der Waals surface area contributed by atoms with Crippen molar-refractivity contribution in [3.8, 4) is 0 Å². The SMILES string of the molecule is CCOC(=O)c1cc(Sc2nccs2)c(F)cc1N. The molecule has 0 aliphatic heterocycles. The van der Waals surface area contributed by atoms with E-state index in [0.29, 0.717) is 9.24 Å². The number of carbonyl (C=O) groups is 1. The van der Waals surface area contributed by atoms with E-state index >= 15 is 0 Å². The number of carbonyl (C=O) groups excluding carboxylic acids is 1. The van der Waals surface area contributed by atoms with E-state index in [1.54, 1.807) is 18.5 Å². The smallest absolute Gasteiger partial charge is 0.340 e. The number of aromatic nitrogens is 1. The number of esters is 1. The number of ether oxygens (including phenoxy) is 1. The number of anilines is 1. The molecule has 100 valence electrons. The summed E-state index contributed by atoms with van der Waals surface area (Å²) in [6.07, 6.45) is 1.63. The molecule has 1 heterocycles. The van der Waals surface area contributed by atoms with Gasteiger partial charge < -0.3 is 10.5 Å². The normalized spacial score (nSPS) is 10.4. The van der Waals surface area contributed by atoms with E-state index in [2.05, 4.69) is 4.98 Å². The van der Waals surface area contributed by atoms with Crippen LogP contribution >= 0.6 is 23.1 Å². The molecule has 0 aliphatic rings. The molecule has 0 atom stereocenters. The first-order valence-corrected chi connectivity index (χ1v) is 7.15. The summed E-state index contributed by atoms with van der Waals surface area (Å²) in [5.41, 5.74) is 5.87. The molecule has 0 bridgehead atoms. The molecule has 0 saturated heterocycles. The van der Waals surface area contributed by atoms with Crippen LogP contribution in [0.1, 0.15) is 17.3 Å². The molecule has 1 aromatic heterocycles. The zero-order chi connectivity index (χ0) is 13.8. The highest BCUT2D eigenvalue weighted by Gasteiger charge is 2.16. The third kappa shape index (κ3) is 3.24. The van der Waals surface area contributed by atoms with Gasteiger partial charge >= 0.3 is 5.97 Å². The van der Waals surface area contributed by atoms with Crippen LogP contribution in [0.4, 0.5) is 10.1 Å². The fourth-order valence-electron chi connectivity index (χ4n) is 1.39. The van der Waals surface area contributed by atoms with Crippen molar-refractivity contribution in [3.05, 3.63) is 35.1 Å². The summed E-state index contributed by atoms with van der Waals surface area (Å²) in [5, 5.41) is 1.80. The molecule has 7 heteroatoms. The lowest BCUT2D eigenvalue weighted by Gasteiger charge is -2.08. The van der Waals surface area contributed by atoms with Gasteiger partial charge in [0.05, 0.1) is 17.1 Å². The Balaban J connectivity index is 2.33. The second-order valence-electron chi connectivity index (χ2n) is 3.49. The van der Waals surface area contributed by atoms with E-state index in [4.69, 9.17) is 10.5 Å². The lowest BCUT2D eigenvalue weighted by Crippen LogP contribution is -2.08. The van der Waals surface area contributed by atoms with Crippen LogP contribution < -0.4 is 5.73 Å². The van der Waals surface area contributed by atoms with Gasteiger partial charge in [0.1, 0.15) is 5.82 Å². The fraction of sp³-hybridized carbons (Fsp3) is 0.167. The average Bonchev–Trinajstić information content (AvgIpc) is 2.85. The zero-order valence-electron chi connectivity index (χ0n) is 10.1. The van der Waals surface area contributed by atoms with Crippen LogP contribution in [-0.2, 0) is 4.74 Å². The van der Waals surface area contributed by atoms with Gasteiger partial charge in [-0.3, -0.25) is 0 Å². The molecule has 1 aromatic carbocycles. The Bertz CT molecular complexity index is 588. The number of benzene rings is 1. The van der Waals surface area contributed by atoms with E-state index in [-0.39, 0.29) is 17.9 Å². The summed E-state index contributed by atoms with van der Waals surface area (Å²) in [7, 11) is 0. The Morgan fingerprint density at radius 2 is 2.37 bits per heavy atom. The van der Waals surface area contributed by atoms with E-state index in [1.807, 2.05) is 0 Å². The number of thiazole rings is 1. The standard InChI is InChI=1S/C12H11FN2O2S2/c1-2-17-11(16)7-5-10(8(13)6-9(7)14)19-12-15-3-4-18-12/h3-6H,2,14H2,1H3. The summed E-state index contributed by atoms with van der Waals surface area (Å²) in [6.45, 7) is 1.94. The molecular formula is C12H11FN2O2S2. The Kier molecular flexibility index (Phi) is 4.39. The second kappa shape index (κ2) is 6.03. The van der Waals surface area contributed by atoms with Gasteiger partial charge in [0, 0.05) is 17.3 Å². The molecule has 0 amide bonds. The van der Waals surface area contributed by atoms with Crippen molar-refractivity contribution in [1.29, 1.82) is 0 Å². The number of halogens is 1. The molecule has 4 nitrogen and oxygen atoms in total. The highest BCUT2D eigenvalue weighted by Crippen LogP contribution is 2.33. The molecule has 2 aromatic rings. The molecule has 2 N–H and O–H groups in total. The molecule has 0 unspecified atom stereocenters. The lowest BCUT2D eigenvalue weighted by atomic mass is 10.2. The molecular weight excluding hydrogens is 287 g/mol. The maximum Gasteiger partial charge on any atom is 0.340 e. The van der Waals surface area contributed by atoms with E-state index in [9.17, 15) is 9.18 Å². The minimum Gasteiger partial charge on any atom is -0.462 e. The van der Waals surface area contributed by atoms with Crippen molar-refractivity contribution in [2.75, 3.05) is 12.3 Å². The van der Waals surface area contributed by atoms with Gasteiger partial charge in [-0.25, -0.2) is 14.2 Å². The van der Waals surface area contributed by atoms with Gasteiger partial charge in [-0.1, -0.05) is 11.8 Å². The largest absolute Gasteiger partial charge is 0.462 e. The lowest BCUT2D eigenvalue weighted by molar-refractivity contribution is 0.0527. The Labute approximate surface area is 117 Å². The van der Waals surface area contributed by atoms with Crippen LogP contribution in [0.15, 0.2) is 32.9 Å². The summed E-state index contributed by atoms with van der Waals surface area (Å²) < 4.78 is 19.4. The first-order valence-electron chi connectivity index (χ1n) is 5.45. The van der Waals surface area contributed by atoms with Crippen LogP contribution in [0.5, 0.6) is 0 Å². The van der Waals surface area contributed by atoms with Crippen molar-refractivity contribution in [1.82, 2.24) is 4.98 Å². The zero-order valence-corrected chi connectivity index (χ0v) is 11.7. The van der Waals surface area contributed by atoms with Crippen LogP contribution in [0.25, 0.3) is 0 Å². The first-order chi connectivity index (χ1) is 9.11. The van der Waals surface area contributed by atoms with E-state index in [0.717, 1.165) is 17.8 Å². The third-order valence-corrected chi connectivity index (χ3v) is 4.12. The van der Waals surface area contributed by atoms with Gasteiger partial charge in [-0.05, 0) is 19.1 Å². The Morgan fingerprint density at radius 1 is 1.58 bits per heavy atom. The molecule has 2 rings (SSSR count). The molecule has 0 spiro atoms. The summed E-state index contributed by atoms with van der Waals surface area (Å²) in [6, 6.07) is 2.52. The van der Waals surface area contributed by atoms with Crippen LogP contribution in [0.3, 0.4) is 0 Å². The average molecular weight is 298 g/mol. The number of hydrogen-bond donors (Lipinski definition) is 1. The van der Waals surface area contributed by atoms with Gasteiger partial charge in [-0.2, -0.15) is 0 Å². The Morgan fingerprint density at radius 3 is 3.00 bits per heavy atom.